The van der Waals surface area contributed by atoms with Crippen molar-refractivity contribution < 1.29 is 17.9 Å². The lowest BCUT2D eigenvalue weighted by Gasteiger charge is -2.12. The number of benzene rings is 3. The number of hydrogen-bond acceptors (Lipinski definition) is 5. The first-order valence-corrected chi connectivity index (χ1v) is 11.9. The molecule has 4 rings (SSSR count). The molecule has 2 N–H and O–H groups in total. The van der Waals surface area contributed by atoms with Crippen LogP contribution >= 0.6 is 0 Å². The Bertz CT molecular complexity index is 1400. The van der Waals surface area contributed by atoms with Gasteiger partial charge < -0.3 is 10.1 Å². The summed E-state index contributed by atoms with van der Waals surface area (Å²) in [4.78, 5) is 17.2. The highest BCUT2D eigenvalue weighted by Gasteiger charge is 2.19. The quantitative estimate of drug-likeness (QED) is 0.388. The van der Waals surface area contributed by atoms with Crippen LogP contribution < -0.4 is 14.8 Å². The largest absolute Gasteiger partial charge is 0.497 e. The Morgan fingerprint density at radius 3 is 2.26 bits per heavy atom. The smallest absolute Gasteiger partial charge is 0.261 e. The molecule has 0 aliphatic carbocycles. The molecule has 0 atom stereocenters. The topological polar surface area (TPSA) is 97.4 Å². The van der Waals surface area contributed by atoms with Gasteiger partial charge in [-0.15, -0.1) is 0 Å². The zero-order valence-corrected chi connectivity index (χ0v) is 19.5. The van der Waals surface area contributed by atoms with Gasteiger partial charge in [0.05, 0.1) is 12.0 Å². The third kappa shape index (κ3) is 5.24. The van der Waals surface area contributed by atoms with Gasteiger partial charge in [0.25, 0.3) is 15.9 Å². The van der Waals surface area contributed by atoms with Crippen LogP contribution in [0, 0.1) is 6.92 Å². The van der Waals surface area contributed by atoms with E-state index in [-0.39, 0.29) is 10.5 Å². The predicted molar refractivity (Wildman–Crippen MR) is 133 cm³/mol. The van der Waals surface area contributed by atoms with Gasteiger partial charge in [0, 0.05) is 23.0 Å². The lowest BCUT2D eigenvalue weighted by Crippen LogP contribution is -2.17. The number of amides is 1. The van der Waals surface area contributed by atoms with E-state index in [2.05, 4.69) is 15.0 Å². The zero-order chi connectivity index (χ0) is 24.1. The van der Waals surface area contributed by atoms with E-state index in [4.69, 9.17) is 4.74 Å². The summed E-state index contributed by atoms with van der Waals surface area (Å²) in [7, 11) is -2.37. The first-order valence-electron chi connectivity index (χ1n) is 10.5. The molecule has 0 spiro atoms. The SMILES string of the molecule is COc1ccc(NS(=O)(=O)c2ccc(C)c(C(=O)Nc3ccc(-c4ccccc4)cn3)c2)cc1. The van der Waals surface area contributed by atoms with Gasteiger partial charge in [-0.3, -0.25) is 9.52 Å². The van der Waals surface area contributed by atoms with E-state index in [9.17, 15) is 13.2 Å². The molecule has 1 aromatic heterocycles. The Kier molecular flexibility index (Phi) is 6.60. The van der Waals surface area contributed by atoms with Gasteiger partial charge in [-0.05, 0) is 66.6 Å². The fourth-order valence-electron chi connectivity index (χ4n) is 3.34. The standard InChI is InChI=1S/C26H23N3O4S/c1-18-8-14-23(34(31,32)29-21-10-12-22(33-2)13-11-21)16-24(18)26(30)28-25-15-9-20(17-27-25)19-6-4-3-5-7-19/h3-17,29H,1-2H3,(H,27,28,30). The van der Waals surface area contributed by atoms with E-state index in [0.717, 1.165) is 11.1 Å². The number of aryl methyl sites for hydroxylation is 1. The zero-order valence-electron chi connectivity index (χ0n) is 18.6. The van der Waals surface area contributed by atoms with E-state index in [0.29, 0.717) is 22.8 Å². The number of hydrogen-bond donors (Lipinski definition) is 2. The van der Waals surface area contributed by atoms with Crippen LogP contribution in [0.2, 0.25) is 0 Å². The minimum atomic E-state index is -3.90. The summed E-state index contributed by atoms with van der Waals surface area (Å²) in [5.74, 6) is 0.537. The molecular weight excluding hydrogens is 450 g/mol. The number of ether oxygens (including phenoxy) is 1. The molecule has 7 nitrogen and oxygen atoms in total. The Morgan fingerprint density at radius 2 is 1.62 bits per heavy atom. The molecule has 0 saturated heterocycles. The molecule has 0 bridgehead atoms. The number of pyridine rings is 1. The monoisotopic (exact) mass is 473 g/mol. The number of methoxy groups -OCH3 is 1. The van der Waals surface area contributed by atoms with Gasteiger partial charge in [0.2, 0.25) is 0 Å². The highest BCUT2D eigenvalue weighted by atomic mass is 32.2. The molecule has 0 radical (unpaired) electrons. The maximum absolute atomic E-state index is 12.9. The van der Waals surface area contributed by atoms with Crippen molar-refractivity contribution in [3.63, 3.8) is 0 Å². The third-order valence-electron chi connectivity index (χ3n) is 5.22. The van der Waals surface area contributed by atoms with Crippen LogP contribution in [0.15, 0.2) is 96.0 Å². The number of nitrogens with zero attached hydrogens (tertiary/aromatic N) is 1. The van der Waals surface area contributed by atoms with Gasteiger partial charge in [0.15, 0.2) is 0 Å². The van der Waals surface area contributed by atoms with Crippen LogP contribution in [-0.4, -0.2) is 26.4 Å². The van der Waals surface area contributed by atoms with Crippen molar-refractivity contribution in [3.8, 4) is 16.9 Å². The first kappa shape index (κ1) is 23.0. The lowest BCUT2D eigenvalue weighted by atomic mass is 10.1. The second kappa shape index (κ2) is 9.76. The number of carbonyl (C=O) groups excluding carboxylic acids is 1. The molecule has 4 aromatic rings. The second-order valence-corrected chi connectivity index (χ2v) is 9.25. The normalized spacial score (nSPS) is 11.0. The van der Waals surface area contributed by atoms with Crippen molar-refractivity contribution >= 4 is 27.4 Å². The van der Waals surface area contributed by atoms with Crippen LogP contribution in [-0.2, 0) is 10.0 Å². The molecular formula is C26H23N3O4S. The number of sulfonamides is 1. The molecule has 1 heterocycles. The highest BCUT2D eigenvalue weighted by molar-refractivity contribution is 7.92. The molecule has 34 heavy (non-hydrogen) atoms. The minimum Gasteiger partial charge on any atom is -0.497 e. The maximum atomic E-state index is 12.9. The summed E-state index contributed by atoms with van der Waals surface area (Å²) >= 11 is 0. The molecule has 0 aliphatic heterocycles. The summed E-state index contributed by atoms with van der Waals surface area (Å²) in [5, 5.41) is 2.74. The number of nitrogens with one attached hydrogen (secondary N) is 2. The van der Waals surface area contributed by atoms with E-state index in [1.165, 1.54) is 19.2 Å². The van der Waals surface area contributed by atoms with Gasteiger partial charge in [0.1, 0.15) is 11.6 Å². The van der Waals surface area contributed by atoms with Crippen molar-refractivity contribution in [1.82, 2.24) is 4.98 Å². The maximum Gasteiger partial charge on any atom is 0.261 e. The highest BCUT2D eigenvalue weighted by Crippen LogP contribution is 2.23. The van der Waals surface area contributed by atoms with Crippen molar-refractivity contribution in [2.24, 2.45) is 0 Å². The first-order chi connectivity index (χ1) is 16.4. The molecule has 0 unspecified atom stereocenters. The van der Waals surface area contributed by atoms with Crippen molar-refractivity contribution in [2.45, 2.75) is 11.8 Å². The van der Waals surface area contributed by atoms with Crippen LogP contribution in [0.1, 0.15) is 15.9 Å². The van der Waals surface area contributed by atoms with E-state index < -0.39 is 15.9 Å². The molecule has 8 heteroatoms. The Hall–Kier alpha value is -4.17. The fraction of sp³-hybridized carbons (Fsp3) is 0.0769. The fourth-order valence-corrected chi connectivity index (χ4v) is 4.42. The lowest BCUT2D eigenvalue weighted by molar-refractivity contribution is 0.102. The average molecular weight is 474 g/mol. The van der Waals surface area contributed by atoms with Crippen molar-refractivity contribution in [3.05, 3.63) is 102 Å². The van der Waals surface area contributed by atoms with Crippen LogP contribution in [0.5, 0.6) is 5.75 Å². The van der Waals surface area contributed by atoms with Gasteiger partial charge >= 0.3 is 0 Å². The van der Waals surface area contributed by atoms with Crippen LogP contribution in [0.25, 0.3) is 11.1 Å². The molecule has 172 valence electrons. The molecule has 3 aromatic carbocycles. The number of aromatic nitrogens is 1. The van der Waals surface area contributed by atoms with Gasteiger partial charge in [-0.25, -0.2) is 13.4 Å². The number of rotatable bonds is 7. The molecule has 0 fully saturated rings. The van der Waals surface area contributed by atoms with E-state index in [1.807, 2.05) is 36.4 Å². The van der Waals surface area contributed by atoms with E-state index in [1.54, 1.807) is 49.5 Å². The average Bonchev–Trinajstić information content (AvgIpc) is 2.85. The van der Waals surface area contributed by atoms with Crippen LogP contribution in [0.3, 0.4) is 0 Å². The van der Waals surface area contributed by atoms with Crippen molar-refractivity contribution in [1.29, 1.82) is 0 Å². The molecule has 0 saturated carbocycles. The minimum absolute atomic E-state index is 0.0218. The van der Waals surface area contributed by atoms with Gasteiger partial charge in [-0.1, -0.05) is 36.4 Å². The Morgan fingerprint density at radius 1 is 0.882 bits per heavy atom. The third-order valence-corrected chi connectivity index (χ3v) is 6.60. The molecule has 0 aliphatic rings. The summed E-state index contributed by atoms with van der Waals surface area (Å²) < 4.78 is 33.4. The summed E-state index contributed by atoms with van der Waals surface area (Å²) in [6.07, 6.45) is 1.68. The van der Waals surface area contributed by atoms with Crippen molar-refractivity contribution in [2.75, 3.05) is 17.1 Å². The summed E-state index contributed by atoms with van der Waals surface area (Å²) in [6.45, 7) is 1.74. The number of anilines is 2. The predicted octanol–water partition coefficient (Wildman–Crippen LogP) is 5.12. The Balaban J connectivity index is 1.52. The van der Waals surface area contributed by atoms with Gasteiger partial charge in [-0.2, -0.15) is 0 Å². The summed E-state index contributed by atoms with van der Waals surface area (Å²) in [6, 6.07) is 24.3. The summed E-state index contributed by atoms with van der Waals surface area (Å²) in [5.41, 5.74) is 3.21. The molecule has 1 amide bonds. The number of carbonyl (C=O) groups is 1. The van der Waals surface area contributed by atoms with Crippen LogP contribution in [0.4, 0.5) is 11.5 Å². The second-order valence-electron chi connectivity index (χ2n) is 7.56. The van der Waals surface area contributed by atoms with E-state index >= 15 is 0 Å². The Labute approximate surface area is 198 Å².